The minimum Gasteiger partial charge on any atom is -0.465 e. The summed E-state index contributed by atoms with van der Waals surface area (Å²) in [5.74, 6) is 0.487. The summed E-state index contributed by atoms with van der Waals surface area (Å²) in [6.07, 6.45) is 7.99. The number of nitrogens with zero attached hydrogens (tertiary/aromatic N) is 1. The maximum absolute atomic E-state index is 11.6. The molecule has 1 aliphatic carbocycles. The average Bonchev–Trinajstić information content (AvgIpc) is 2.61. The van der Waals surface area contributed by atoms with Crippen LogP contribution in [0.5, 0.6) is 0 Å². The van der Waals surface area contributed by atoms with E-state index in [4.69, 9.17) is 4.74 Å². The van der Waals surface area contributed by atoms with Crippen LogP contribution < -0.4 is 0 Å². The van der Waals surface area contributed by atoms with Gasteiger partial charge in [-0.2, -0.15) is 0 Å². The lowest BCUT2D eigenvalue weighted by Gasteiger charge is -2.65. The van der Waals surface area contributed by atoms with E-state index in [1.165, 1.54) is 51.3 Å². The van der Waals surface area contributed by atoms with Crippen molar-refractivity contribution < 1.29 is 9.53 Å². The van der Waals surface area contributed by atoms with Crippen LogP contribution in [0, 0.1) is 5.92 Å². The van der Waals surface area contributed by atoms with E-state index in [2.05, 4.69) is 30.9 Å². The Balaban J connectivity index is 1.74. The Morgan fingerprint density at radius 2 is 1.87 bits per heavy atom. The van der Waals surface area contributed by atoms with E-state index in [-0.39, 0.29) is 5.97 Å². The second kappa shape index (κ2) is 6.64. The van der Waals surface area contributed by atoms with Gasteiger partial charge < -0.3 is 4.74 Å². The highest BCUT2D eigenvalue weighted by Crippen LogP contribution is 2.52. The minimum absolute atomic E-state index is 0.255. The highest BCUT2D eigenvalue weighted by atomic mass is 16.5. The molecule has 1 aliphatic heterocycles. The van der Waals surface area contributed by atoms with Gasteiger partial charge in [0.05, 0.1) is 12.7 Å². The fraction of sp³-hybridized carbons (Fsp3) is 0.650. The van der Waals surface area contributed by atoms with Crippen molar-refractivity contribution in [2.45, 2.75) is 64.0 Å². The van der Waals surface area contributed by atoms with Crippen molar-refractivity contribution >= 4 is 5.97 Å². The Hall–Kier alpha value is -1.35. The molecule has 1 aromatic rings. The Bertz CT molecular complexity index is 545. The fourth-order valence-corrected chi connectivity index (χ4v) is 5.14. The monoisotopic (exact) mass is 315 g/mol. The van der Waals surface area contributed by atoms with Crippen LogP contribution in [0.1, 0.15) is 61.9 Å². The topological polar surface area (TPSA) is 29.5 Å². The van der Waals surface area contributed by atoms with Crippen LogP contribution in [-0.4, -0.2) is 36.1 Å². The van der Waals surface area contributed by atoms with Crippen molar-refractivity contribution in [3.05, 3.63) is 35.4 Å². The maximum Gasteiger partial charge on any atom is 0.337 e. The third-order valence-corrected chi connectivity index (χ3v) is 6.23. The van der Waals surface area contributed by atoms with E-state index in [0.717, 1.165) is 12.3 Å². The van der Waals surface area contributed by atoms with Crippen LogP contribution in [0.3, 0.4) is 0 Å². The summed E-state index contributed by atoms with van der Waals surface area (Å²) in [4.78, 5) is 14.3. The molecule has 1 aromatic carbocycles. The lowest BCUT2D eigenvalue weighted by atomic mass is 9.60. The number of esters is 1. The van der Waals surface area contributed by atoms with Gasteiger partial charge in [-0.15, -0.1) is 0 Å². The molecule has 0 radical (unpaired) electrons. The number of benzene rings is 1. The molecule has 0 aromatic heterocycles. The Morgan fingerprint density at radius 3 is 2.43 bits per heavy atom. The summed E-state index contributed by atoms with van der Waals surface area (Å²) in [5.41, 5.74) is 2.42. The van der Waals surface area contributed by atoms with Gasteiger partial charge in [0, 0.05) is 11.6 Å². The van der Waals surface area contributed by atoms with Crippen LogP contribution >= 0.6 is 0 Å². The van der Waals surface area contributed by atoms with Gasteiger partial charge in [-0.3, -0.25) is 4.90 Å². The third kappa shape index (κ3) is 2.80. The molecule has 1 heterocycles. The van der Waals surface area contributed by atoms with Crippen LogP contribution in [0.2, 0.25) is 0 Å². The van der Waals surface area contributed by atoms with Crippen molar-refractivity contribution in [2.75, 3.05) is 13.7 Å². The molecule has 3 rings (SSSR count). The highest BCUT2D eigenvalue weighted by Gasteiger charge is 2.56. The molecule has 3 heteroatoms. The van der Waals surface area contributed by atoms with Crippen molar-refractivity contribution in [2.24, 2.45) is 5.92 Å². The summed E-state index contributed by atoms with van der Waals surface area (Å²) >= 11 is 0. The first kappa shape index (κ1) is 16.5. The molecule has 2 fully saturated rings. The van der Waals surface area contributed by atoms with E-state index in [9.17, 15) is 4.79 Å². The van der Waals surface area contributed by atoms with E-state index >= 15 is 0 Å². The number of carbonyl (C=O) groups is 1. The Labute approximate surface area is 140 Å². The molecule has 1 saturated carbocycles. The summed E-state index contributed by atoms with van der Waals surface area (Å²) in [6.45, 7) is 5.85. The summed E-state index contributed by atoms with van der Waals surface area (Å²) in [6, 6.07) is 8.66. The van der Waals surface area contributed by atoms with E-state index in [1.54, 1.807) is 0 Å². The number of hydrogen-bond donors (Lipinski definition) is 0. The third-order valence-electron chi connectivity index (χ3n) is 6.23. The van der Waals surface area contributed by atoms with Crippen molar-refractivity contribution in [3.63, 3.8) is 0 Å². The predicted octanol–water partition coefficient (Wildman–Crippen LogP) is 4.06. The first-order chi connectivity index (χ1) is 11.1. The molecule has 0 bridgehead atoms. The Kier molecular flexibility index (Phi) is 4.77. The van der Waals surface area contributed by atoms with E-state index in [1.807, 2.05) is 12.1 Å². The van der Waals surface area contributed by atoms with Crippen molar-refractivity contribution in [1.82, 2.24) is 4.90 Å². The van der Waals surface area contributed by atoms with Crippen LogP contribution in [0.15, 0.2) is 24.3 Å². The zero-order valence-corrected chi connectivity index (χ0v) is 14.7. The van der Waals surface area contributed by atoms with Gasteiger partial charge in [-0.25, -0.2) is 4.79 Å². The highest BCUT2D eigenvalue weighted by molar-refractivity contribution is 5.89. The molecule has 0 amide bonds. The fourth-order valence-electron chi connectivity index (χ4n) is 5.14. The SMILES string of the molecule is CCN1C(C)C(Cc2ccc(C(=O)OC)cc2)C12CCCCC2. The zero-order chi connectivity index (χ0) is 16.4. The molecule has 23 heavy (non-hydrogen) atoms. The molecular formula is C20H29NO2. The Morgan fingerprint density at radius 1 is 1.22 bits per heavy atom. The second-order valence-electron chi connectivity index (χ2n) is 7.19. The standard InChI is InChI=1S/C20H29NO2/c1-4-21-15(2)18(20(21)12-6-5-7-13-20)14-16-8-10-17(11-9-16)19(22)23-3/h8-11,15,18H,4-7,12-14H2,1-3H3. The number of rotatable bonds is 4. The summed E-state index contributed by atoms with van der Waals surface area (Å²) in [7, 11) is 1.43. The van der Waals surface area contributed by atoms with Gasteiger partial charge in [-0.1, -0.05) is 38.3 Å². The molecule has 1 spiro atoms. The first-order valence-corrected chi connectivity index (χ1v) is 9.06. The molecule has 126 valence electrons. The first-order valence-electron chi connectivity index (χ1n) is 9.06. The van der Waals surface area contributed by atoms with Gasteiger partial charge in [-0.05, 0) is 56.3 Å². The quantitative estimate of drug-likeness (QED) is 0.785. The molecule has 1 saturated heterocycles. The van der Waals surface area contributed by atoms with Gasteiger partial charge in [0.25, 0.3) is 0 Å². The lowest BCUT2D eigenvalue weighted by Crippen LogP contribution is -2.73. The predicted molar refractivity (Wildman–Crippen MR) is 92.6 cm³/mol. The van der Waals surface area contributed by atoms with E-state index in [0.29, 0.717) is 17.1 Å². The van der Waals surface area contributed by atoms with E-state index < -0.39 is 0 Å². The van der Waals surface area contributed by atoms with Crippen molar-refractivity contribution in [1.29, 1.82) is 0 Å². The van der Waals surface area contributed by atoms with Crippen molar-refractivity contribution in [3.8, 4) is 0 Å². The molecule has 2 atom stereocenters. The summed E-state index contributed by atoms with van der Waals surface area (Å²) < 4.78 is 4.78. The number of hydrogen-bond acceptors (Lipinski definition) is 3. The number of methoxy groups -OCH3 is 1. The lowest BCUT2D eigenvalue weighted by molar-refractivity contribution is -0.147. The van der Waals surface area contributed by atoms with Gasteiger partial charge in [0.2, 0.25) is 0 Å². The average molecular weight is 315 g/mol. The number of carbonyl (C=O) groups excluding carboxylic acids is 1. The maximum atomic E-state index is 11.6. The largest absolute Gasteiger partial charge is 0.465 e. The van der Waals surface area contributed by atoms with Crippen LogP contribution in [0.4, 0.5) is 0 Å². The number of likely N-dealkylation sites (tertiary alicyclic amines) is 1. The van der Waals surface area contributed by atoms with Gasteiger partial charge in [0.15, 0.2) is 0 Å². The molecule has 0 N–H and O–H groups in total. The van der Waals surface area contributed by atoms with Crippen LogP contribution in [-0.2, 0) is 11.2 Å². The van der Waals surface area contributed by atoms with Gasteiger partial charge in [0.1, 0.15) is 0 Å². The second-order valence-corrected chi connectivity index (χ2v) is 7.19. The minimum atomic E-state index is -0.255. The summed E-state index contributed by atoms with van der Waals surface area (Å²) in [5, 5.41) is 0. The molecule has 3 nitrogen and oxygen atoms in total. The molecule has 2 aliphatic rings. The molecular weight excluding hydrogens is 286 g/mol. The van der Waals surface area contributed by atoms with Crippen LogP contribution in [0.25, 0.3) is 0 Å². The molecule has 2 unspecified atom stereocenters. The van der Waals surface area contributed by atoms with Gasteiger partial charge >= 0.3 is 5.97 Å². The zero-order valence-electron chi connectivity index (χ0n) is 14.7. The normalized spacial score (nSPS) is 26.7. The number of ether oxygens (including phenoxy) is 1. The smallest absolute Gasteiger partial charge is 0.337 e.